The molecule has 0 aliphatic rings. The number of rotatable bonds is 5. The second-order valence-electron chi connectivity index (χ2n) is 5.49. The van der Waals surface area contributed by atoms with E-state index in [1.54, 1.807) is 35.6 Å². The van der Waals surface area contributed by atoms with Gasteiger partial charge in [-0.2, -0.15) is 0 Å². The van der Waals surface area contributed by atoms with Crippen molar-refractivity contribution < 1.29 is 4.79 Å². The van der Waals surface area contributed by atoms with Crippen LogP contribution in [0.4, 0.5) is 0 Å². The summed E-state index contributed by atoms with van der Waals surface area (Å²) in [6, 6.07) is 11.2. The van der Waals surface area contributed by atoms with Crippen LogP contribution >= 0.6 is 23.6 Å². The van der Waals surface area contributed by atoms with Gasteiger partial charge in [0.05, 0.1) is 0 Å². The van der Waals surface area contributed by atoms with Gasteiger partial charge in [-0.05, 0) is 23.6 Å². The molecule has 5 heteroatoms. The maximum absolute atomic E-state index is 12.2. The third-order valence-corrected chi connectivity index (χ3v) is 4.76. The molecule has 0 aliphatic carbocycles. The highest BCUT2D eigenvalue weighted by atomic mass is 32.1. The summed E-state index contributed by atoms with van der Waals surface area (Å²) in [4.78, 5) is 13.8. The Morgan fingerprint density at radius 1 is 1.29 bits per heavy atom. The van der Waals surface area contributed by atoms with Crippen molar-refractivity contribution in [2.45, 2.75) is 19.3 Å². The highest BCUT2D eigenvalue weighted by molar-refractivity contribution is 7.80. The minimum absolute atomic E-state index is 0.0927. The molecule has 0 radical (unpaired) electrons. The third-order valence-electron chi connectivity index (χ3n) is 3.29. The van der Waals surface area contributed by atoms with Gasteiger partial charge in [-0.3, -0.25) is 4.79 Å². The molecule has 2 aromatic rings. The van der Waals surface area contributed by atoms with Gasteiger partial charge in [-0.1, -0.05) is 44.3 Å². The van der Waals surface area contributed by atoms with Gasteiger partial charge >= 0.3 is 0 Å². The average molecular weight is 318 g/mol. The molecule has 0 aliphatic heterocycles. The van der Waals surface area contributed by atoms with Gasteiger partial charge in [-0.15, -0.1) is 11.3 Å². The van der Waals surface area contributed by atoms with E-state index < -0.39 is 0 Å². The lowest BCUT2D eigenvalue weighted by molar-refractivity contribution is 0.0946. The average Bonchev–Trinajstić information content (AvgIpc) is 3.00. The van der Waals surface area contributed by atoms with E-state index in [0.717, 1.165) is 0 Å². The van der Waals surface area contributed by atoms with Crippen molar-refractivity contribution in [3.8, 4) is 0 Å². The number of benzene rings is 1. The number of thiophene rings is 1. The van der Waals surface area contributed by atoms with E-state index in [-0.39, 0.29) is 11.3 Å². The van der Waals surface area contributed by atoms with Crippen LogP contribution in [0.15, 0.2) is 41.8 Å². The van der Waals surface area contributed by atoms with Gasteiger partial charge in [0.2, 0.25) is 0 Å². The van der Waals surface area contributed by atoms with Crippen LogP contribution in [0.5, 0.6) is 0 Å². The van der Waals surface area contributed by atoms with Crippen LogP contribution in [0.3, 0.4) is 0 Å². The SMILES string of the molecule is CC(C)(CNC(=O)c1cccc(C(N)=S)c1)c1cccs1. The predicted molar refractivity (Wildman–Crippen MR) is 92.0 cm³/mol. The molecule has 0 atom stereocenters. The number of thiocarbonyl (C=S) groups is 1. The van der Waals surface area contributed by atoms with Crippen LogP contribution in [0, 0.1) is 0 Å². The summed E-state index contributed by atoms with van der Waals surface area (Å²) in [5.74, 6) is -0.113. The van der Waals surface area contributed by atoms with Gasteiger partial charge in [0.25, 0.3) is 5.91 Å². The summed E-state index contributed by atoms with van der Waals surface area (Å²) in [6.45, 7) is 4.80. The second kappa shape index (κ2) is 6.37. The summed E-state index contributed by atoms with van der Waals surface area (Å²) in [5.41, 5.74) is 6.77. The minimum Gasteiger partial charge on any atom is -0.389 e. The molecule has 3 nitrogen and oxygen atoms in total. The van der Waals surface area contributed by atoms with Gasteiger partial charge in [-0.25, -0.2) is 0 Å². The van der Waals surface area contributed by atoms with Crippen molar-refractivity contribution in [3.63, 3.8) is 0 Å². The zero-order chi connectivity index (χ0) is 15.5. The lowest BCUT2D eigenvalue weighted by Crippen LogP contribution is -2.36. The lowest BCUT2D eigenvalue weighted by atomic mass is 9.91. The number of nitrogens with one attached hydrogen (secondary N) is 1. The summed E-state index contributed by atoms with van der Waals surface area (Å²) >= 11 is 6.63. The summed E-state index contributed by atoms with van der Waals surface area (Å²) in [6.07, 6.45) is 0. The molecular weight excluding hydrogens is 300 g/mol. The van der Waals surface area contributed by atoms with Crippen LogP contribution in [-0.2, 0) is 5.41 Å². The van der Waals surface area contributed by atoms with Crippen molar-refractivity contribution in [2.24, 2.45) is 5.73 Å². The molecule has 3 N–H and O–H groups in total. The van der Waals surface area contributed by atoms with Crippen molar-refractivity contribution in [1.82, 2.24) is 5.32 Å². The molecule has 2 rings (SSSR count). The molecule has 1 amide bonds. The molecule has 0 saturated carbocycles. The molecule has 110 valence electrons. The Bertz CT molecular complexity index is 648. The molecule has 0 unspecified atom stereocenters. The first-order chi connectivity index (χ1) is 9.90. The summed E-state index contributed by atoms with van der Waals surface area (Å²) < 4.78 is 0. The van der Waals surface area contributed by atoms with Crippen molar-refractivity contribution in [1.29, 1.82) is 0 Å². The second-order valence-corrected chi connectivity index (χ2v) is 6.88. The van der Waals surface area contributed by atoms with Crippen LogP contribution in [-0.4, -0.2) is 17.4 Å². The highest BCUT2D eigenvalue weighted by Crippen LogP contribution is 2.26. The molecule has 0 saturated heterocycles. The molecule has 1 heterocycles. The first-order valence-electron chi connectivity index (χ1n) is 6.62. The zero-order valence-corrected chi connectivity index (χ0v) is 13.7. The van der Waals surface area contributed by atoms with Crippen molar-refractivity contribution in [2.75, 3.05) is 6.54 Å². The maximum atomic E-state index is 12.2. The number of hydrogen-bond donors (Lipinski definition) is 2. The molecule has 21 heavy (non-hydrogen) atoms. The monoisotopic (exact) mass is 318 g/mol. The summed E-state index contributed by atoms with van der Waals surface area (Å²) in [7, 11) is 0. The highest BCUT2D eigenvalue weighted by Gasteiger charge is 2.22. The topological polar surface area (TPSA) is 55.1 Å². The number of hydrogen-bond acceptors (Lipinski definition) is 3. The van der Waals surface area contributed by atoms with Crippen molar-refractivity contribution in [3.05, 3.63) is 57.8 Å². The van der Waals surface area contributed by atoms with Gasteiger partial charge in [0.1, 0.15) is 4.99 Å². The Balaban J connectivity index is 2.05. The fourth-order valence-corrected chi connectivity index (χ4v) is 2.95. The first-order valence-corrected chi connectivity index (χ1v) is 7.91. The zero-order valence-electron chi connectivity index (χ0n) is 12.1. The van der Waals surface area contributed by atoms with Crippen molar-refractivity contribution >= 4 is 34.5 Å². The van der Waals surface area contributed by atoms with E-state index in [9.17, 15) is 4.79 Å². The van der Waals surface area contributed by atoms with Gasteiger partial charge in [0, 0.05) is 28.0 Å². The van der Waals surface area contributed by atoms with Crippen LogP contribution < -0.4 is 11.1 Å². The number of carbonyl (C=O) groups is 1. The standard InChI is InChI=1S/C16H18N2OS2/c1-16(2,13-7-4-8-21-13)10-18-15(19)12-6-3-5-11(9-12)14(17)20/h3-9H,10H2,1-2H3,(H2,17,20)(H,18,19). The van der Waals surface area contributed by atoms with E-state index in [2.05, 4.69) is 25.2 Å². The summed E-state index contributed by atoms with van der Waals surface area (Å²) in [5, 5.41) is 5.02. The van der Waals surface area contributed by atoms with Crippen LogP contribution in [0.1, 0.15) is 34.6 Å². The molecular formula is C16H18N2OS2. The number of nitrogens with two attached hydrogens (primary N) is 1. The first kappa shape index (κ1) is 15.7. The quantitative estimate of drug-likeness (QED) is 0.833. The normalized spacial score (nSPS) is 11.1. The Morgan fingerprint density at radius 3 is 2.62 bits per heavy atom. The number of carbonyl (C=O) groups excluding carboxylic acids is 1. The van der Waals surface area contributed by atoms with Gasteiger partial charge in [0.15, 0.2) is 0 Å². The number of amides is 1. The maximum Gasteiger partial charge on any atom is 0.251 e. The molecule has 0 fully saturated rings. The largest absolute Gasteiger partial charge is 0.389 e. The van der Waals surface area contributed by atoms with E-state index in [1.165, 1.54) is 4.88 Å². The minimum atomic E-state index is -0.113. The lowest BCUT2D eigenvalue weighted by Gasteiger charge is -2.23. The van der Waals surface area contributed by atoms with Crippen LogP contribution in [0.2, 0.25) is 0 Å². The molecule has 1 aromatic heterocycles. The molecule has 1 aromatic carbocycles. The van der Waals surface area contributed by atoms with E-state index in [1.807, 2.05) is 11.4 Å². The van der Waals surface area contributed by atoms with E-state index in [4.69, 9.17) is 18.0 Å². The van der Waals surface area contributed by atoms with Gasteiger partial charge < -0.3 is 11.1 Å². The van der Waals surface area contributed by atoms with E-state index >= 15 is 0 Å². The Morgan fingerprint density at radius 2 is 2.00 bits per heavy atom. The van der Waals surface area contributed by atoms with E-state index in [0.29, 0.717) is 22.7 Å². The fraction of sp³-hybridized carbons (Fsp3) is 0.250. The predicted octanol–water partition coefficient (Wildman–Crippen LogP) is 3.09. The third kappa shape index (κ3) is 3.89. The molecule has 0 bridgehead atoms. The molecule has 0 spiro atoms. The fourth-order valence-electron chi connectivity index (χ4n) is 1.97. The Kier molecular flexibility index (Phi) is 4.75. The Hall–Kier alpha value is -1.72. The Labute approximate surface area is 134 Å². The van der Waals surface area contributed by atoms with Crippen LogP contribution in [0.25, 0.3) is 0 Å². The smallest absolute Gasteiger partial charge is 0.251 e.